The van der Waals surface area contributed by atoms with E-state index in [1.165, 1.54) is 12.1 Å². The number of aliphatic hydroxyl groups is 2. The van der Waals surface area contributed by atoms with Crippen LogP contribution in [0, 0.1) is 5.82 Å². The van der Waals surface area contributed by atoms with E-state index in [2.05, 4.69) is 20.1 Å². The molecule has 1 saturated carbocycles. The summed E-state index contributed by atoms with van der Waals surface area (Å²) in [4.78, 5) is 4.49. The summed E-state index contributed by atoms with van der Waals surface area (Å²) in [5, 5.41) is 32.3. The van der Waals surface area contributed by atoms with Crippen LogP contribution in [0.5, 0.6) is 5.75 Å². The zero-order valence-electron chi connectivity index (χ0n) is 19.5. The van der Waals surface area contributed by atoms with Gasteiger partial charge in [-0.25, -0.2) is 9.37 Å². The lowest BCUT2D eigenvalue weighted by Gasteiger charge is -2.29. The summed E-state index contributed by atoms with van der Waals surface area (Å²) in [6.07, 6.45) is 8.93. The van der Waals surface area contributed by atoms with Gasteiger partial charge in [-0.15, -0.1) is 0 Å². The van der Waals surface area contributed by atoms with Crippen molar-refractivity contribution in [1.82, 2.24) is 24.5 Å². The van der Waals surface area contributed by atoms with E-state index in [9.17, 15) is 14.6 Å². The van der Waals surface area contributed by atoms with Gasteiger partial charge in [-0.2, -0.15) is 10.2 Å². The summed E-state index contributed by atoms with van der Waals surface area (Å²) in [5.41, 5.74) is 2.55. The molecule has 1 aromatic carbocycles. The second kappa shape index (κ2) is 10.0. The van der Waals surface area contributed by atoms with Crippen molar-refractivity contribution in [3.05, 3.63) is 54.7 Å². The molecule has 1 fully saturated rings. The first kappa shape index (κ1) is 23.3. The number of nitrogens with zero attached hydrogens (tertiary/aromatic N) is 5. The fourth-order valence-electron chi connectivity index (χ4n) is 4.66. The van der Waals surface area contributed by atoms with Gasteiger partial charge in [0, 0.05) is 36.5 Å². The number of pyridine rings is 1. The fraction of sp³-hybridized carbons (Fsp3) is 0.400. The van der Waals surface area contributed by atoms with Gasteiger partial charge in [-0.05, 0) is 49.9 Å². The Morgan fingerprint density at radius 3 is 2.54 bits per heavy atom. The number of rotatable bonds is 8. The Bertz CT molecular complexity index is 1280. The predicted molar refractivity (Wildman–Crippen MR) is 130 cm³/mol. The molecule has 0 radical (unpaired) electrons. The molecule has 0 saturated heterocycles. The van der Waals surface area contributed by atoms with Gasteiger partial charge in [0.05, 0.1) is 43.1 Å². The third-order valence-electron chi connectivity index (χ3n) is 6.62. The molecule has 184 valence electrons. The van der Waals surface area contributed by atoms with Gasteiger partial charge in [0.25, 0.3) is 0 Å². The topological polar surface area (TPSA) is 110 Å². The molecule has 0 unspecified atom stereocenters. The van der Waals surface area contributed by atoms with Crippen molar-refractivity contribution in [2.75, 3.05) is 25.6 Å². The van der Waals surface area contributed by atoms with Crippen LogP contribution in [-0.4, -0.2) is 61.1 Å². The minimum atomic E-state index is -0.498. The molecule has 10 heteroatoms. The van der Waals surface area contributed by atoms with Gasteiger partial charge in [-0.1, -0.05) is 0 Å². The number of ether oxygens (including phenoxy) is 1. The fourth-order valence-corrected chi connectivity index (χ4v) is 4.66. The number of hydrogen-bond donors (Lipinski definition) is 3. The van der Waals surface area contributed by atoms with E-state index < -0.39 is 6.04 Å². The predicted octanol–water partition coefficient (Wildman–Crippen LogP) is 3.56. The highest BCUT2D eigenvalue weighted by molar-refractivity contribution is 5.93. The highest BCUT2D eigenvalue weighted by Crippen LogP contribution is 2.36. The van der Waals surface area contributed by atoms with E-state index in [-0.39, 0.29) is 31.2 Å². The average molecular weight is 481 g/mol. The second-order valence-electron chi connectivity index (χ2n) is 8.86. The molecular weight excluding hydrogens is 451 g/mol. The quantitative estimate of drug-likeness (QED) is 0.354. The molecule has 0 aliphatic heterocycles. The number of halogens is 1. The summed E-state index contributed by atoms with van der Waals surface area (Å²) >= 11 is 0. The van der Waals surface area contributed by atoms with Crippen LogP contribution in [0.2, 0.25) is 0 Å². The van der Waals surface area contributed by atoms with E-state index in [0.29, 0.717) is 5.75 Å². The normalized spacial score (nSPS) is 18.3. The lowest BCUT2D eigenvalue weighted by molar-refractivity contribution is 0.131. The standard InChI is InChI=1S/C25H29FN6O3/c1-27-24-10-23-22(12-28-24)25(16-11-29-31(13-16)19(14-33)15-34)30-32(23)18-4-8-21(9-5-18)35-20-6-2-17(26)3-7-20/h2-3,6-7,10-13,18-19,21,33-34H,4-5,8-9,14-15H2,1H3,(H,27,28). The van der Waals surface area contributed by atoms with E-state index >= 15 is 0 Å². The first-order chi connectivity index (χ1) is 17.1. The van der Waals surface area contributed by atoms with Gasteiger partial charge in [0.2, 0.25) is 0 Å². The maximum Gasteiger partial charge on any atom is 0.127 e. The summed E-state index contributed by atoms with van der Waals surface area (Å²) < 4.78 is 22.9. The highest BCUT2D eigenvalue weighted by atomic mass is 19.1. The maximum atomic E-state index is 13.2. The zero-order chi connectivity index (χ0) is 24.4. The zero-order valence-corrected chi connectivity index (χ0v) is 19.5. The first-order valence-corrected chi connectivity index (χ1v) is 11.8. The Balaban J connectivity index is 1.41. The molecule has 0 atom stereocenters. The van der Waals surface area contributed by atoms with Crippen LogP contribution in [0.1, 0.15) is 37.8 Å². The third-order valence-corrected chi connectivity index (χ3v) is 6.62. The Kier molecular flexibility index (Phi) is 6.65. The smallest absolute Gasteiger partial charge is 0.127 e. The third kappa shape index (κ3) is 4.71. The van der Waals surface area contributed by atoms with Crippen molar-refractivity contribution in [2.24, 2.45) is 0 Å². The molecule has 5 rings (SSSR count). The number of nitrogens with one attached hydrogen (secondary N) is 1. The molecule has 1 aliphatic rings. The lowest BCUT2D eigenvalue weighted by atomic mass is 9.93. The molecule has 3 heterocycles. The Morgan fingerprint density at radius 1 is 1.11 bits per heavy atom. The SMILES string of the molecule is CNc1cc2c(cn1)c(-c1cnn(C(CO)CO)c1)nn2C1CCC(Oc2ccc(F)cc2)CC1. The molecule has 1 aliphatic carbocycles. The van der Waals surface area contributed by atoms with E-state index in [4.69, 9.17) is 9.84 Å². The van der Waals surface area contributed by atoms with Crippen molar-refractivity contribution in [2.45, 2.75) is 43.9 Å². The Morgan fingerprint density at radius 2 is 1.86 bits per heavy atom. The molecule has 3 N–H and O–H groups in total. The van der Waals surface area contributed by atoms with Crippen LogP contribution in [0.25, 0.3) is 22.2 Å². The number of anilines is 1. The van der Waals surface area contributed by atoms with Gasteiger partial charge in [0.1, 0.15) is 23.1 Å². The van der Waals surface area contributed by atoms with Crippen molar-refractivity contribution >= 4 is 16.7 Å². The molecule has 3 aromatic heterocycles. The number of aromatic nitrogens is 5. The number of benzene rings is 1. The Hall–Kier alpha value is -3.50. The van der Waals surface area contributed by atoms with Crippen LogP contribution in [0.3, 0.4) is 0 Å². The van der Waals surface area contributed by atoms with E-state index in [1.807, 2.05) is 19.3 Å². The van der Waals surface area contributed by atoms with Crippen LogP contribution in [-0.2, 0) is 0 Å². The number of aliphatic hydroxyl groups excluding tert-OH is 2. The lowest BCUT2D eigenvalue weighted by Crippen LogP contribution is -2.26. The van der Waals surface area contributed by atoms with Gasteiger partial charge in [-0.3, -0.25) is 9.36 Å². The van der Waals surface area contributed by atoms with Crippen molar-refractivity contribution < 1.29 is 19.3 Å². The molecule has 0 amide bonds. The average Bonchev–Trinajstić information content (AvgIpc) is 3.51. The van der Waals surface area contributed by atoms with Crippen molar-refractivity contribution in [1.29, 1.82) is 0 Å². The van der Waals surface area contributed by atoms with E-state index in [1.54, 1.807) is 29.2 Å². The van der Waals surface area contributed by atoms with Crippen LogP contribution in [0.15, 0.2) is 48.9 Å². The van der Waals surface area contributed by atoms with Crippen molar-refractivity contribution in [3.63, 3.8) is 0 Å². The highest BCUT2D eigenvalue weighted by Gasteiger charge is 2.27. The second-order valence-corrected chi connectivity index (χ2v) is 8.86. The summed E-state index contributed by atoms with van der Waals surface area (Å²) in [7, 11) is 1.84. The summed E-state index contributed by atoms with van der Waals surface area (Å²) in [5.74, 6) is 1.17. The molecular formula is C25H29FN6O3. The molecule has 9 nitrogen and oxygen atoms in total. The molecule has 35 heavy (non-hydrogen) atoms. The summed E-state index contributed by atoms with van der Waals surface area (Å²) in [6.45, 7) is -0.410. The Labute approximate surface area is 202 Å². The van der Waals surface area contributed by atoms with Gasteiger partial charge >= 0.3 is 0 Å². The first-order valence-electron chi connectivity index (χ1n) is 11.8. The number of fused-ring (bicyclic) bond motifs is 1. The minimum absolute atomic E-state index is 0.0830. The van der Waals surface area contributed by atoms with Crippen molar-refractivity contribution in [3.8, 4) is 17.0 Å². The van der Waals surface area contributed by atoms with Gasteiger partial charge in [0.15, 0.2) is 0 Å². The van der Waals surface area contributed by atoms with Crippen LogP contribution < -0.4 is 10.1 Å². The molecule has 4 aromatic rings. The van der Waals surface area contributed by atoms with Gasteiger partial charge < -0.3 is 20.3 Å². The van der Waals surface area contributed by atoms with Crippen LogP contribution in [0.4, 0.5) is 10.2 Å². The van der Waals surface area contributed by atoms with Crippen LogP contribution >= 0.6 is 0 Å². The molecule has 0 spiro atoms. The number of hydrogen-bond acceptors (Lipinski definition) is 7. The summed E-state index contributed by atoms with van der Waals surface area (Å²) in [6, 6.07) is 7.86. The maximum absolute atomic E-state index is 13.2. The largest absolute Gasteiger partial charge is 0.490 e. The monoisotopic (exact) mass is 480 g/mol. The minimum Gasteiger partial charge on any atom is -0.490 e. The molecule has 0 bridgehead atoms. The van der Waals surface area contributed by atoms with E-state index in [0.717, 1.165) is 53.7 Å².